The maximum Gasteiger partial charge on any atom is 0.155 e. The molecule has 1 fully saturated rings. The summed E-state index contributed by atoms with van der Waals surface area (Å²) in [4.78, 5) is 4.65. The topological polar surface area (TPSA) is 50.9 Å². The van der Waals surface area contributed by atoms with E-state index in [2.05, 4.69) is 10.1 Å². The molecule has 1 N–H and O–H groups in total. The van der Waals surface area contributed by atoms with Crippen LogP contribution < -0.4 is 0 Å². The number of hydrogen-bond acceptors (Lipinski definition) is 3. The molecule has 0 bridgehead atoms. The van der Waals surface area contributed by atoms with Crippen molar-refractivity contribution in [3.05, 3.63) is 45.5 Å². The predicted molar refractivity (Wildman–Crippen MR) is 83.0 cm³/mol. The van der Waals surface area contributed by atoms with E-state index in [1.54, 1.807) is 0 Å². The summed E-state index contributed by atoms with van der Waals surface area (Å²) in [6.07, 6.45) is 4.05. The van der Waals surface area contributed by atoms with Gasteiger partial charge in [0, 0.05) is 22.4 Å². The maximum atomic E-state index is 9.17. The third kappa shape index (κ3) is 3.07. The molecule has 2 aromatic rings. The summed E-state index contributed by atoms with van der Waals surface area (Å²) in [6, 6.07) is 5.46. The van der Waals surface area contributed by atoms with Crippen LogP contribution in [0.4, 0.5) is 0 Å². The number of aliphatic hydroxyl groups is 1. The molecule has 0 spiro atoms. The molecule has 0 aliphatic heterocycles. The smallest absolute Gasteiger partial charge is 0.155 e. The van der Waals surface area contributed by atoms with E-state index in [0.29, 0.717) is 34.8 Å². The first-order valence-corrected chi connectivity index (χ1v) is 7.92. The van der Waals surface area contributed by atoms with Crippen LogP contribution in [0.2, 0.25) is 10.0 Å². The minimum atomic E-state index is 0.0649. The van der Waals surface area contributed by atoms with Crippen LogP contribution >= 0.6 is 23.2 Å². The summed E-state index contributed by atoms with van der Waals surface area (Å²) >= 11 is 12.4. The van der Waals surface area contributed by atoms with Crippen molar-refractivity contribution in [2.45, 2.75) is 38.1 Å². The van der Waals surface area contributed by atoms with Crippen LogP contribution in [0.3, 0.4) is 0 Å². The Labute approximate surface area is 133 Å². The molecule has 1 aliphatic rings. The lowest BCUT2D eigenvalue weighted by Gasteiger charge is -2.24. The van der Waals surface area contributed by atoms with Crippen LogP contribution in [0.15, 0.2) is 18.2 Å². The van der Waals surface area contributed by atoms with Gasteiger partial charge in [-0.25, -0.2) is 9.67 Å². The van der Waals surface area contributed by atoms with Gasteiger partial charge in [-0.3, -0.25) is 0 Å². The molecule has 0 atom stereocenters. The molecular weight excluding hydrogens is 309 g/mol. The van der Waals surface area contributed by atoms with E-state index >= 15 is 0 Å². The number of aliphatic hydroxyl groups excluding tert-OH is 1. The fraction of sp³-hybridized carbons (Fsp3) is 0.467. The summed E-state index contributed by atoms with van der Waals surface area (Å²) in [6.45, 7) is 0.546. The van der Waals surface area contributed by atoms with Crippen LogP contribution in [-0.4, -0.2) is 26.5 Å². The lowest BCUT2D eigenvalue weighted by atomic mass is 9.85. The lowest BCUT2D eigenvalue weighted by molar-refractivity contribution is 0.261. The molecule has 1 saturated carbocycles. The highest BCUT2D eigenvalue weighted by Crippen LogP contribution is 2.35. The number of nitrogens with zero attached hydrogens (tertiary/aromatic N) is 3. The Morgan fingerprint density at radius 1 is 1.24 bits per heavy atom. The molecule has 1 heterocycles. The first-order valence-electron chi connectivity index (χ1n) is 7.16. The van der Waals surface area contributed by atoms with Gasteiger partial charge in [0.15, 0.2) is 5.82 Å². The Kier molecular flexibility index (Phi) is 4.48. The van der Waals surface area contributed by atoms with Crippen molar-refractivity contribution in [1.29, 1.82) is 0 Å². The van der Waals surface area contributed by atoms with Gasteiger partial charge in [0.1, 0.15) is 5.82 Å². The summed E-state index contributed by atoms with van der Waals surface area (Å²) < 4.78 is 1.82. The van der Waals surface area contributed by atoms with Crippen LogP contribution in [0.25, 0.3) is 0 Å². The zero-order valence-electron chi connectivity index (χ0n) is 11.6. The second kappa shape index (κ2) is 6.34. The molecule has 6 heteroatoms. The first kappa shape index (κ1) is 14.8. The van der Waals surface area contributed by atoms with Crippen LogP contribution in [0, 0.1) is 0 Å². The summed E-state index contributed by atoms with van der Waals surface area (Å²) in [5.41, 5.74) is 0.849. The molecule has 1 aromatic carbocycles. The summed E-state index contributed by atoms with van der Waals surface area (Å²) in [5.74, 6) is 2.16. The van der Waals surface area contributed by atoms with Crippen molar-refractivity contribution in [2.24, 2.45) is 0 Å². The largest absolute Gasteiger partial charge is 0.394 e. The highest BCUT2D eigenvalue weighted by atomic mass is 35.5. The van der Waals surface area contributed by atoms with Gasteiger partial charge in [-0.15, -0.1) is 0 Å². The van der Waals surface area contributed by atoms with E-state index in [1.165, 1.54) is 6.42 Å². The van der Waals surface area contributed by atoms with E-state index in [4.69, 9.17) is 23.2 Å². The summed E-state index contributed by atoms with van der Waals surface area (Å²) in [7, 11) is 0. The van der Waals surface area contributed by atoms with E-state index in [1.807, 2.05) is 22.9 Å². The second-order valence-corrected chi connectivity index (χ2v) is 6.15. The molecule has 1 aliphatic carbocycles. The zero-order chi connectivity index (χ0) is 14.8. The molecule has 3 rings (SSSR count). The van der Waals surface area contributed by atoms with Crippen LogP contribution in [0.5, 0.6) is 0 Å². The quantitative estimate of drug-likeness (QED) is 0.916. The fourth-order valence-electron chi connectivity index (χ4n) is 2.56. The maximum absolute atomic E-state index is 9.17. The SMILES string of the molecule is OCCn1nc(Cc2c(Cl)cccc2Cl)nc1C1CCC1. The van der Waals surface area contributed by atoms with Crippen molar-refractivity contribution in [1.82, 2.24) is 14.8 Å². The van der Waals surface area contributed by atoms with Gasteiger partial charge >= 0.3 is 0 Å². The molecule has 21 heavy (non-hydrogen) atoms. The van der Waals surface area contributed by atoms with Gasteiger partial charge in [-0.2, -0.15) is 5.10 Å². The molecule has 0 saturated heterocycles. The lowest BCUT2D eigenvalue weighted by Crippen LogP contribution is -2.17. The average molecular weight is 326 g/mol. The highest BCUT2D eigenvalue weighted by Gasteiger charge is 2.26. The molecule has 0 amide bonds. The monoisotopic (exact) mass is 325 g/mol. The molecular formula is C15H17Cl2N3O. The third-order valence-corrected chi connectivity index (χ3v) is 4.63. The molecule has 0 radical (unpaired) electrons. The minimum absolute atomic E-state index is 0.0649. The van der Waals surface area contributed by atoms with Crippen LogP contribution in [-0.2, 0) is 13.0 Å². The van der Waals surface area contributed by atoms with E-state index in [-0.39, 0.29) is 6.61 Å². The number of hydrogen-bond donors (Lipinski definition) is 1. The predicted octanol–water partition coefficient (Wildman–Crippen LogP) is 3.44. The number of benzene rings is 1. The fourth-order valence-corrected chi connectivity index (χ4v) is 3.10. The highest BCUT2D eigenvalue weighted by molar-refractivity contribution is 6.36. The molecule has 4 nitrogen and oxygen atoms in total. The van der Waals surface area contributed by atoms with Gasteiger partial charge < -0.3 is 5.11 Å². The second-order valence-electron chi connectivity index (χ2n) is 5.34. The van der Waals surface area contributed by atoms with E-state index in [0.717, 1.165) is 24.2 Å². The normalized spacial score (nSPS) is 15.2. The van der Waals surface area contributed by atoms with Gasteiger partial charge in [-0.05, 0) is 30.5 Å². The van der Waals surface area contributed by atoms with Crippen molar-refractivity contribution in [2.75, 3.05) is 6.61 Å². The van der Waals surface area contributed by atoms with Crippen LogP contribution in [0.1, 0.15) is 42.4 Å². The van der Waals surface area contributed by atoms with Crippen molar-refractivity contribution in [3.8, 4) is 0 Å². The van der Waals surface area contributed by atoms with Gasteiger partial charge in [0.2, 0.25) is 0 Å². The van der Waals surface area contributed by atoms with Gasteiger partial charge in [0.25, 0.3) is 0 Å². The number of halogens is 2. The van der Waals surface area contributed by atoms with Crippen molar-refractivity contribution in [3.63, 3.8) is 0 Å². The molecule has 112 valence electrons. The zero-order valence-corrected chi connectivity index (χ0v) is 13.1. The summed E-state index contributed by atoms with van der Waals surface area (Å²) in [5, 5.41) is 14.9. The van der Waals surface area contributed by atoms with E-state index < -0.39 is 0 Å². The number of aromatic nitrogens is 3. The Hall–Kier alpha value is -1.10. The van der Waals surface area contributed by atoms with Crippen molar-refractivity contribution >= 4 is 23.2 Å². The first-order chi connectivity index (χ1) is 10.2. The van der Waals surface area contributed by atoms with E-state index in [9.17, 15) is 5.11 Å². The van der Waals surface area contributed by atoms with Gasteiger partial charge in [-0.1, -0.05) is 35.7 Å². The third-order valence-electron chi connectivity index (χ3n) is 3.92. The Morgan fingerprint density at radius 2 is 1.95 bits per heavy atom. The Bertz CT molecular complexity index is 618. The Morgan fingerprint density at radius 3 is 2.52 bits per heavy atom. The standard InChI is InChI=1S/C15H17Cl2N3O/c16-12-5-2-6-13(17)11(12)9-14-18-15(10-3-1-4-10)20(19-14)7-8-21/h2,5-6,10,21H,1,3-4,7-9H2. The van der Waals surface area contributed by atoms with Crippen molar-refractivity contribution < 1.29 is 5.11 Å². The number of rotatable bonds is 5. The average Bonchev–Trinajstić information content (AvgIpc) is 2.76. The molecule has 0 unspecified atom stereocenters. The Balaban J connectivity index is 1.88. The minimum Gasteiger partial charge on any atom is -0.394 e. The molecule has 1 aromatic heterocycles. The van der Waals surface area contributed by atoms with Gasteiger partial charge in [0.05, 0.1) is 13.2 Å².